The van der Waals surface area contributed by atoms with E-state index in [2.05, 4.69) is 26.8 Å². The molecule has 0 atom stereocenters. The van der Waals surface area contributed by atoms with E-state index in [1.54, 1.807) is 13.8 Å². The molecule has 0 aromatic rings. The molecule has 0 aromatic carbocycles. The highest BCUT2D eigenvalue weighted by Crippen LogP contribution is 2.10. The Morgan fingerprint density at radius 2 is 1.31 bits per heavy atom. The molecular weight excluding hydrogens is 199 g/mol. The Balaban J connectivity index is -0.0000000686. The van der Waals surface area contributed by atoms with Gasteiger partial charge >= 0.3 is 0 Å². The molecule has 0 aliphatic carbocycles. The molecule has 16 heavy (non-hydrogen) atoms. The van der Waals surface area contributed by atoms with Crippen molar-refractivity contribution in [2.45, 2.75) is 87.7 Å². The molecule has 0 spiro atoms. The lowest BCUT2D eigenvalue weighted by Crippen LogP contribution is -2.07. The van der Waals surface area contributed by atoms with E-state index in [0.29, 0.717) is 6.42 Å². The Morgan fingerprint density at radius 3 is 1.31 bits per heavy atom. The molecule has 0 saturated heterocycles. The molecule has 0 nitrogen and oxygen atoms in total. The average molecular weight is 234 g/mol. The topological polar surface area (TPSA) is 0 Å². The molecule has 0 rings (SSSR count). The lowest BCUT2D eigenvalue weighted by molar-refractivity contribution is 0.210. The van der Waals surface area contributed by atoms with Gasteiger partial charge in [0.25, 0.3) is 0 Å². The van der Waals surface area contributed by atoms with Crippen LogP contribution in [-0.4, -0.2) is 5.67 Å². The lowest BCUT2D eigenvalue weighted by atomic mass is 10.1. The summed E-state index contributed by atoms with van der Waals surface area (Å²) in [6, 6.07) is 0. The van der Waals surface area contributed by atoms with Crippen molar-refractivity contribution in [3.05, 3.63) is 11.6 Å². The molecule has 0 N–H and O–H groups in total. The SMILES string of the molecule is C/C=C(/C)CC.CC.CC.CCC(C)(C)F. The van der Waals surface area contributed by atoms with E-state index in [9.17, 15) is 4.39 Å². The Kier molecular flexibility index (Phi) is 31.2. The van der Waals surface area contributed by atoms with Crippen molar-refractivity contribution < 1.29 is 4.39 Å². The molecule has 0 saturated carbocycles. The molecule has 0 radical (unpaired) electrons. The second-order valence-electron chi connectivity index (χ2n) is 3.56. The Morgan fingerprint density at radius 1 is 1.06 bits per heavy atom. The van der Waals surface area contributed by atoms with E-state index < -0.39 is 5.67 Å². The highest BCUT2D eigenvalue weighted by atomic mass is 19.1. The van der Waals surface area contributed by atoms with Crippen molar-refractivity contribution in [1.29, 1.82) is 0 Å². The molecule has 0 fully saturated rings. The molecule has 0 aromatic heterocycles. The predicted octanol–water partition coefficient (Wildman–Crippen LogP) is 6.56. The van der Waals surface area contributed by atoms with Gasteiger partial charge in [0.05, 0.1) is 0 Å². The van der Waals surface area contributed by atoms with Gasteiger partial charge in [-0.3, -0.25) is 0 Å². The summed E-state index contributed by atoms with van der Waals surface area (Å²) in [7, 11) is 0. The second-order valence-corrected chi connectivity index (χ2v) is 3.56. The second kappa shape index (κ2) is 20.1. The third-order valence-electron chi connectivity index (χ3n) is 1.89. The van der Waals surface area contributed by atoms with Crippen molar-refractivity contribution in [3.8, 4) is 0 Å². The minimum absolute atomic E-state index is 0.604. The van der Waals surface area contributed by atoms with Crippen molar-refractivity contribution in [3.63, 3.8) is 0 Å². The number of halogens is 1. The van der Waals surface area contributed by atoms with Gasteiger partial charge in [-0.2, -0.15) is 0 Å². The zero-order chi connectivity index (χ0) is 14.2. The summed E-state index contributed by atoms with van der Waals surface area (Å²) in [4.78, 5) is 0. The molecule has 0 amide bonds. The van der Waals surface area contributed by atoms with Crippen LogP contribution < -0.4 is 0 Å². The van der Waals surface area contributed by atoms with Gasteiger partial charge in [0, 0.05) is 0 Å². The van der Waals surface area contributed by atoms with E-state index in [1.807, 2.05) is 34.6 Å². The highest BCUT2D eigenvalue weighted by Gasteiger charge is 2.09. The van der Waals surface area contributed by atoms with Gasteiger partial charge in [0.15, 0.2) is 0 Å². The molecule has 102 valence electrons. The third-order valence-corrected chi connectivity index (χ3v) is 1.89. The van der Waals surface area contributed by atoms with E-state index in [0.717, 1.165) is 0 Å². The summed E-state index contributed by atoms with van der Waals surface area (Å²) < 4.78 is 12.1. The summed E-state index contributed by atoms with van der Waals surface area (Å²) >= 11 is 0. The minimum atomic E-state index is -0.958. The Bertz CT molecular complexity index is 118. The number of hydrogen-bond acceptors (Lipinski definition) is 0. The van der Waals surface area contributed by atoms with Crippen LogP contribution in [0.1, 0.15) is 82.1 Å². The van der Waals surface area contributed by atoms with Crippen molar-refractivity contribution in [2.75, 3.05) is 0 Å². The summed E-state index contributed by atoms with van der Waals surface area (Å²) in [5, 5.41) is 0. The third kappa shape index (κ3) is 49.3. The fourth-order valence-electron chi connectivity index (χ4n) is 0.204. The van der Waals surface area contributed by atoms with Gasteiger partial charge in [-0.25, -0.2) is 4.39 Å². The van der Waals surface area contributed by atoms with Gasteiger partial charge in [-0.05, 0) is 40.5 Å². The van der Waals surface area contributed by atoms with Crippen LogP contribution in [0, 0.1) is 0 Å². The quantitative estimate of drug-likeness (QED) is 0.475. The Hall–Kier alpha value is -0.330. The van der Waals surface area contributed by atoms with Crippen LogP contribution in [0.25, 0.3) is 0 Å². The minimum Gasteiger partial charge on any atom is -0.245 e. The largest absolute Gasteiger partial charge is 0.245 e. The maximum atomic E-state index is 12.1. The molecule has 0 aliphatic heterocycles. The smallest absolute Gasteiger partial charge is 0.105 e. The molecule has 0 heterocycles. The van der Waals surface area contributed by atoms with Crippen molar-refractivity contribution in [2.24, 2.45) is 0 Å². The van der Waals surface area contributed by atoms with Crippen LogP contribution in [-0.2, 0) is 0 Å². The maximum Gasteiger partial charge on any atom is 0.105 e. The number of rotatable bonds is 2. The van der Waals surface area contributed by atoms with Crippen LogP contribution in [0.15, 0.2) is 11.6 Å². The standard InChI is InChI=1S/C6H12.C5H11F.2C2H6/c1-4-6(3)5-2;1-4-5(2,3)6;2*1-2/h4H,5H2,1-3H3;4H2,1-3H3;2*1-2H3/b6-4-;;;. The molecule has 0 unspecified atom stereocenters. The normalized spacial score (nSPS) is 9.81. The fourth-order valence-corrected chi connectivity index (χ4v) is 0.204. The zero-order valence-electron chi connectivity index (χ0n) is 13.4. The summed E-state index contributed by atoms with van der Waals surface area (Å²) in [6.07, 6.45) is 3.93. The maximum absolute atomic E-state index is 12.1. The van der Waals surface area contributed by atoms with E-state index in [4.69, 9.17) is 0 Å². The average Bonchev–Trinajstić information content (AvgIpc) is 2.33. The van der Waals surface area contributed by atoms with Crippen LogP contribution in [0.5, 0.6) is 0 Å². The zero-order valence-corrected chi connectivity index (χ0v) is 13.4. The first-order valence-corrected chi connectivity index (χ1v) is 6.68. The van der Waals surface area contributed by atoms with Gasteiger partial charge in [-0.15, -0.1) is 0 Å². The Labute approximate surface area is 104 Å². The van der Waals surface area contributed by atoms with Crippen molar-refractivity contribution >= 4 is 0 Å². The summed E-state index contributed by atoms with van der Waals surface area (Å²) in [5.74, 6) is 0. The fraction of sp³-hybridized carbons (Fsp3) is 0.867. The first-order chi connectivity index (χ1) is 7.37. The highest BCUT2D eigenvalue weighted by molar-refractivity contribution is 4.93. The van der Waals surface area contributed by atoms with E-state index in [-0.39, 0.29) is 0 Å². The first kappa shape index (κ1) is 24.8. The number of hydrogen-bond donors (Lipinski definition) is 0. The molecule has 0 bridgehead atoms. The van der Waals surface area contributed by atoms with Crippen LogP contribution in [0.3, 0.4) is 0 Å². The van der Waals surface area contributed by atoms with Crippen LogP contribution >= 0.6 is 0 Å². The predicted molar refractivity (Wildman–Crippen MR) is 77.9 cm³/mol. The summed E-state index contributed by atoms with van der Waals surface area (Å²) in [6.45, 7) is 19.4. The molecular formula is C15H35F. The van der Waals surface area contributed by atoms with Crippen LogP contribution in [0.4, 0.5) is 4.39 Å². The first-order valence-electron chi connectivity index (χ1n) is 6.68. The van der Waals surface area contributed by atoms with Gasteiger partial charge < -0.3 is 0 Å². The summed E-state index contributed by atoms with van der Waals surface area (Å²) in [5.41, 5.74) is 0.509. The monoisotopic (exact) mass is 234 g/mol. The van der Waals surface area contributed by atoms with Gasteiger partial charge in [-0.1, -0.05) is 53.2 Å². The van der Waals surface area contributed by atoms with E-state index >= 15 is 0 Å². The van der Waals surface area contributed by atoms with E-state index in [1.165, 1.54) is 12.0 Å². The van der Waals surface area contributed by atoms with Crippen LogP contribution in [0.2, 0.25) is 0 Å². The van der Waals surface area contributed by atoms with Gasteiger partial charge in [0.1, 0.15) is 5.67 Å². The number of allylic oxidation sites excluding steroid dienone is 2. The molecule has 0 aliphatic rings. The number of alkyl halides is 1. The van der Waals surface area contributed by atoms with Gasteiger partial charge in [0.2, 0.25) is 0 Å². The van der Waals surface area contributed by atoms with Crippen molar-refractivity contribution in [1.82, 2.24) is 0 Å². The molecule has 1 heteroatoms. The lowest BCUT2D eigenvalue weighted by Gasteiger charge is -2.07.